The summed E-state index contributed by atoms with van der Waals surface area (Å²) >= 11 is 15.6. The van der Waals surface area contributed by atoms with Gasteiger partial charge in [-0.15, -0.1) is 0 Å². The van der Waals surface area contributed by atoms with Gasteiger partial charge in [-0.3, -0.25) is 4.79 Å². The molecule has 0 radical (unpaired) electrons. The molecule has 0 saturated carbocycles. The Hall–Kier alpha value is -2.21. The molecule has 1 heterocycles. The largest absolute Gasteiger partial charge is 0.457 e. The SMILES string of the molecule is Nc1ccc(NC(=O)/C=C/c2ccc(-c3cccc(Cl)c3Cl)o2)c(Br)c1. The number of benzene rings is 2. The fourth-order valence-electron chi connectivity index (χ4n) is 2.25. The standard InChI is InChI=1S/C19H13BrCl2N2O2/c20-14-10-11(23)4-7-16(14)24-18(25)9-6-12-5-8-17(26-12)13-2-1-3-15(21)19(13)22/h1-10H,23H2,(H,24,25)/b9-6+. The molecule has 132 valence electrons. The lowest BCUT2D eigenvalue weighted by Crippen LogP contribution is -2.08. The maximum atomic E-state index is 12.1. The summed E-state index contributed by atoms with van der Waals surface area (Å²) in [7, 11) is 0. The number of hydrogen-bond donors (Lipinski definition) is 2. The predicted octanol–water partition coefficient (Wildman–Crippen LogP) is 6.25. The average molecular weight is 452 g/mol. The van der Waals surface area contributed by atoms with Crippen LogP contribution in [0.25, 0.3) is 17.4 Å². The number of nitrogens with two attached hydrogens (primary N) is 1. The van der Waals surface area contributed by atoms with Gasteiger partial charge >= 0.3 is 0 Å². The Morgan fingerprint density at radius 3 is 2.73 bits per heavy atom. The number of carbonyl (C=O) groups excluding carboxylic acids is 1. The van der Waals surface area contributed by atoms with Crippen molar-refractivity contribution in [2.75, 3.05) is 11.1 Å². The van der Waals surface area contributed by atoms with Gasteiger partial charge in [-0.25, -0.2) is 0 Å². The first kappa shape index (κ1) is 18.6. The lowest BCUT2D eigenvalue weighted by atomic mass is 10.2. The van der Waals surface area contributed by atoms with Crippen molar-refractivity contribution >= 4 is 62.5 Å². The van der Waals surface area contributed by atoms with Gasteiger partial charge < -0.3 is 15.5 Å². The molecule has 0 saturated heterocycles. The quantitative estimate of drug-likeness (QED) is 0.363. The van der Waals surface area contributed by atoms with Crippen LogP contribution >= 0.6 is 39.1 Å². The Morgan fingerprint density at radius 2 is 1.96 bits per heavy atom. The Labute approximate surface area is 168 Å². The van der Waals surface area contributed by atoms with Crippen LogP contribution in [0.4, 0.5) is 11.4 Å². The third-order valence-electron chi connectivity index (χ3n) is 3.49. The van der Waals surface area contributed by atoms with E-state index in [4.69, 9.17) is 33.4 Å². The van der Waals surface area contributed by atoms with Gasteiger partial charge in [-0.1, -0.05) is 29.3 Å². The molecule has 4 nitrogen and oxygen atoms in total. The zero-order valence-corrected chi connectivity index (χ0v) is 16.4. The predicted molar refractivity (Wildman–Crippen MR) is 110 cm³/mol. The van der Waals surface area contributed by atoms with Crippen LogP contribution in [-0.4, -0.2) is 5.91 Å². The van der Waals surface area contributed by atoms with Crippen molar-refractivity contribution < 1.29 is 9.21 Å². The molecule has 3 aromatic rings. The molecule has 7 heteroatoms. The summed E-state index contributed by atoms with van der Waals surface area (Å²) in [5.41, 5.74) is 7.59. The van der Waals surface area contributed by atoms with Crippen LogP contribution in [0.3, 0.4) is 0 Å². The van der Waals surface area contributed by atoms with Gasteiger partial charge in [0.05, 0.1) is 15.7 Å². The van der Waals surface area contributed by atoms with E-state index < -0.39 is 0 Å². The molecule has 26 heavy (non-hydrogen) atoms. The zero-order valence-electron chi connectivity index (χ0n) is 13.3. The van der Waals surface area contributed by atoms with Crippen molar-refractivity contribution in [2.24, 2.45) is 0 Å². The summed E-state index contributed by atoms with van der Waals surface area (Å²) in [6, 6.07) is 14.0. The molecule has 1 aromatic heterocycles. The highest BCUT2D eigenvalue weighted by Gasteiger charge is 2.10. The lowest BCUT2D eigenvalue weighted by Gasteiger charge is -2.05. The molecule has 3 rings (SSSR count). The lowest BCUT2D eigenvalue weighted by molar-refractivity contribution is -0.111. The summed E-state index contributed by atoms with van der Waals surface area (Å²) in [5.74, 6) is 0.788. The van der Waals surface area contributed by atoms with Crippen LogP contribution in [0.2, 0.25) is 10.0 Å². The van der Waals surface area contributed by atoms with Gasteiger partial charge in [-0.2, -0.15) is 0 Å². The van der Waals surface area contributed by atoms with Crippen LogP contribution in [0.5, 0.6) is 0 Å². The maximum Gasteiger partial charge on any atom is 0.248 e. The highest BCUT2D eigenvalue weighted by Crippen LogP contribution is 2.34. The van der Waals surface area contributed by atoms with Crippen molar-refractivity contribution in [3.63, 3.8) is 0 Å². The summed E-state index contributed by atoms with van der Waals surface area (Å²) in [5, 5.41) is 3.63. The van der Waals surface area contributed by atoms with Crippen LogP contribution in [-0.2, 0) is 4.79 Å². The number of furan rings is 1. The van der Waals surface area contributed by atoms with Crippen molar-refractivity contribution in [2.45, 2.75) is 0 Å². The van der Waals surface area contributed by atoms with Crippen LogP contribution < -0.4 is 11.1 Å². The third-order valence-corrected chi connectivity index (χ3v) is 4.97. The Bertz CT molecular complexity index is 999. The first-order valence-electron chi connectivity index (χ1n) is 7.52. The smallest absolute Gasteiger partial charge is 0.248 e. The van der Waals surface area contributed by atoms with E-state index in [0.717, 1.165) is 0 Å². The Balaban J connectivity index is 1.72. The van der Waals surface area contributed by atoms with E-state index in [1.165, 1.54) is 6.08 Å². The third kappa shape index (κ3) is 4.30. The molecule has 0 unspecified atom stereocenters. The molecule has 0 fully saturated rings. The van der Waals surface area contributed by atoms with Crippen molar-refractivity contribution in [1.82, 2.24) is 0 Å². The maximum absolute atomic E-state index is 12.1. The second-order valence-corrected chi connectivity index (χ2v) is 7.00. The first-order chi connectivity index (χ1) is 12.4. The molecule has 0 aliphatic heterocycles. The number of amides is 1. The number of hydrogen-bond acceptors (Lipinski definition) is 3. The summed E-state index contributed by atoms with van der Waals surface area (Å²) < 4.78 is 6.41. The van der Waals surface area contributed by atoms with E-state index in [1.54, 1.807) is 48.5 Å². The van der Waals surface area contributed by atoms with E-state index in [9.17, 15) is 4.79 Å². The Kier molecular flexibility index (Phi) is 5.71. The molecule has 3 N–H and O–H groups in total. The Morgan fingerprint density at radius 1 is 1.15 bits per heavy atom. The fraction of sp³-hybridized carbons (Fsp3) is 0. The molecule has 0 bridgehead atoms. The molecule has 0 aliphatic carbocycles. The molecule has 2 aromatic carbocycles. The van der Waals surface area contributed by atoms with Crippen molar-refractivity contribution in [1.29, 1.82) is 0 Å². The molecule has 0 atom stereocenters. The first-order valence-corrected chi connectivity index (χ1v) is 9.07. The highest BCUT2D eigenvalue weighted by atomic mass is 79.9. The van der Waals surface area contributed by atoms with Crippen LogP contribution in [0.1, 0.15) is 5.76 Å². The minimum atomic E-state index is -0.297. The van der Waals surface area contributed by atoms with E-state index in [-0.39, 0.29) is 5.91 Å². The van der Waals surface area contributed by atoms with E-state index in [1.807, 2.05) is 6.07 Å². The number of nitrogens with one attached hydrogen (secondary N) is 1. The number of halogens is 3. The van der Waals surface area contributed by atoms with E-state index >= 15 is 0 Å². The molecular formula is C19H13BrCl2N2O2. The van der Waals surface area contributed by atoms with Gasteiger partial charge in [0.1, 0.15) is 11.5 Å². The number of anilines is 2. The van der Waals surface area contributed by atoms with Gasteiger partial charge in [0.15, 0.2) is 0 Å². The van der Waals surface area contributed by atoms with Crippen molar-refractivity contribution in [3.05, 3.63) is 74.9 Å². The minimum Gasteiger partial charge on any atom is -0.457 e. The topological polar surface area (TPSA) is 68.3 Å². The summed E-state index contributed by atoms with van der Waals surface area (Å²) in [6.45, 7) is 0. The molecular weight excluding hydrogens is 439 g/mol. The van der Waals surface area contributed by atoms with Gasteiger partial charge in [-0.05, 0) is 64.5 Å². The highest BCUT2D eigenvalue weighted by molar-refractivity contribution is 9.10. The molecule has 1 amide bonds. The average Bonchev–Trinajstić information content (AvgIpc) is 3.07. The molecule has 0 spiro atoms. The second-order valence-electron chi connectivity index (χ2n) is 5.37. The fourth-order valence-corrected chi connectivity index (χ4v) is 3.14. The van der Waals surface area contributed by atoms with Gasteiger partial charge in [0.25, 0.3) is 0 Å². The van der Waals surface area contributed by atoms with E-state index in [0.29, 0.717) is 43.0 Å². The minimum absolute atomic E-state index is 0.297. The van der Waals surface area contributed by atoms with Crippen LogP contribution in [0, 0.1) is 0 Å². The monoisotopic (exact) mass is 450 g/mol. The number of carbonyl (C=O) groups is 1. The van der Waals surface area contributed by atoms with Crippen molar-refractivity contribution in [3.8, 4) is 11.3 Å². The summed E-state index contributed by atoms with van der Waals surface area (Å²) in [4.78, 5) is 12.1. The summed E-state index contributed by atoms with van der Waals surface area (Å²) in [6.07, 6.45) is 2.95. The van der Waals surface area contributed by atoms with Gasteiger partial charge in [0, 0.05) is 21.8 Å². The second kappa shape index (κ2) is 7.99. The number of nitrogen functional groups attached to an aromatic ring is 1. The zero-order chi connectivity index (χ0) is 18.7. The normalized spacial score (nSPS) is 11.0. The number of rotatable bonds is 4. The van der Waals surface area contributed by atoms with Crippen LogP contribution in [0.15, 0.2) is 63.5 Å². The van der Waals surface area contributed by atoms with Gasteiger partial charge in [0.2, 0.25) is 5.91 Å². The van der Waals surface area contributed by atoms with E-state index in [2.05, 4.69) is 21.2 Å². The molecule has 0 aliphatic rings.